The van der Waals surface area contributed by atoms with Crippen LogP contribution in [0.15, 0.2) is 24.3 Å². The molecule has 1 fully saturated rings. The van der Waals surface area contributed by atoms with Crippen LogP contribution in [0, 0.1) is 11.7 Å². The first kappa shape index (κ1) is 17.5. The monoisotopic (exact) mass is 359 g/mol. The Morgan fingerprint density at radius 2 is 2.04 bits per heavy atom. The summed E-state index contributed by atoms with van der Waals surface area (Å²) in [5, 5.41) is 4.75. The third kappa shape index (κ3) is 3.12. The lowest BCUT2D eigenvalue weighted by atomic mass is 9.98. The fourth-order valence-electron chi connectivity index (χ4n) is 3.75. The van der Waals surface area contributed by atoms with Crippen molar-refractivity contribution in [3.8, 4) is 17.1 Å². The highest BCUT2D eigenvalue weighted by molar-refractivity contribution is 5.67. The van der Waals surface area contributed by atoms with Crippen molar-refractivity contribution in [2.24, 2.45) is 5.92 Å². The number of rotatable bonds is 5. The van der Waals surface area contributed by atoms with E-state index >= 15 is 0 Å². The Balaban J connectivity index is 1.61. The molecule has 0 N–H and O–H groups in total. The molecule has 1 aromatic heterocycles. The molecule has 0 saturated carbocycles. The van der Waals surface area contributed by atoms with Crippen molar-refractivity contribution < 1.29 is 13.9 Å². The highest BCUT2D eigenvalue weighted by Crippen LogP contribution is 2.39. The van der Waals surface area contributed by atoms with Crippen LogP contribution in [-0.4, -0.2) is 54.1 Å². The van der Waals surface area contributed by atoms with Crippen molar-refractivity contribution >= 4 is 0 Å². The molecule has 1 aromatic carbocycles. The summed E-state index contributed by atoms with van der Waals surface area (Å²) in [5.74, 6) is 1.12. The van der Waals surface area contributed by atoms with Crippen LogP contribution in [0.2, 0.25) is 0 Å². The topological polar surface area (TPSA) is 39.5 Å². The maximum Gasteiger partial charge on any atom is 0.215 e. The normalized spacial score (nSPS) is 20.2. The summed E-state index contributed by atoms with van der Waals surface area (Å²) in [6, 6.07) is 7.33. The second-order valence-corrected chi connectivity index (χ2v) is 7.69. The zero-order chi connectivity index (χ0) is 18.3. The van der Waals surface area contributed by atoms with Crippen LogP contribution in [-0.2, 0) is 11.3 Å². The standard InChI is InChI=1S/C20H26FN3O2/c1-13(2)18-19(16-6-4-5-7-17(16)21)22-24-9-14(10-26-20(18)24)8-23(3)15-11-25-12-15/h4-7,13-15H,8-12H2,1-3H3. The minimum absolute atomic E-state index is 0.208. The lowest BCUT2D eigenvalue weighted by molar-refractivity contribution is -0.0632. The molecule has 0 amide bonds. The van der Waals surface area contributed by atoms with Crippen LogP contribution in [0.3, 0.4) is 0 Å². The summed E-state index contributed by atoms with van der Waals surface area (Å²) in [5.41, 5.74) is 2.24. The first-order valence-corrected chi connectivity index (χ1v) is 9.31. The Kier molecular flexibility index (Phi) is 4.71. The van der Waals surface area contributed by atoms with E-state index < -0.39 is 0 Å². The fraction of sp³-hybridized carbons (Fsp3) is 0.550. The number of fused-ring (bicyclic) bond motifs is 1. The van der Waals surface area contributed by atoms with Gasteiger partial charge >= 0.3 is 0 Å². The maximum atomic E-state index is 14.4. The summed E-state index contributed by atoms with van der Waals surface area (Å²) >= 11 is 0. The fourth-order valence-corrected chi connectivity index (χ4v) is 3.75. The number of ether oxygens (including phenoxy) is 2. The molecule has 2 aromatic rings. The Morgan fingerprint density at radius 3 is 2.69 bits per heavy atom. The molecular weight excluding hydrogens is 333 g/mol. The predicted molar refractivity (Wildman–Crippen MR) is 97.9 cm³/mol. The van der Waals surface area contributed by atoms with Crippen molar-refractivity contribution in [3.63, 3.8) is 0 Å². The van der Waals surface area contributed by atoms with Gasteiger partial charge in [-0.3, -0.25) is 4.90 Å². The number of hydrogen-bond acceptors (Lipinski definition) is 4. The lowest BCUT2D eigenvalue weighted by Crippen LogP contribution is -2.49. The Bertz CT molecular complexity index is 785. The van der Waals surface area contributed by atoms with E-state index in [2.05, 4.69) is 25.8 Å². The Hall–Kier alpha value is -1.92. The van der Waals surface area contributed by atoms with E-state index in [1.807, 2.05) is 10.7 Å². The van der Waals surface area contributed by atoms with Crippen molar-refractivity contribution in [1.82, 2.24) is 14.7 Å². The van der Waals surface area contributed by atoms with E-state index in [1.165, 1.54) is 6.07 Å². The van der Waals surface area contributed by atoms with Gasteiger partial charge in [0.1, 0.15) is 11.5 Å². The van der Waals surface area contributed by atoms with Crippen LogP contribution in [0.25, 0.3) is 11.3 Å². The van der Waals surface area contributed by atoms with Crippen LogP contribution in [0.1, 0.15) is 25.3 Å². The van der Waals surface area contributed by atoms with Crippen molar-refractivity contribution in [3.05, 3.63) is 35.6 Å². The molecule has 1 atom stereocenters. The van der Waals surface area contributed by atoms with Crippen LogP contribution in [0.5, 0.6) is 5.88 Å². The van der Waals surface area contributed by atoms with Gasteiger partial charge in [-0.2, -0.15) is 5.10 Å². The molecule has 1 unspecified atom stereocenters. The second kappa shape index (κ2) is 7.00. The summed E-state index contributed by atoms with van der Waals surface area (Å²) in [6.45, 7) is 8.23. The lowest BCUT2D eigenvalue weighted by Gasteiger charge is -2.37. The molecule has 2 aliphatic heterocycles. The minimum Gasteiger partial charge on any atom is -0.477 e. The predicted octanol–water partition coefficient (Wildman–Crippen LogP) is 3.15. The molecule has 140 valence electrons. The van der Waals surface area contributed by atoms with Gasteiger partial charge in [-0.05, 0) is 25.1 Å². The smallest absolute Gasteiger partial charge is 0.215 e. The molecule has 26 heavy (non-hydrogen) atoms. The van der Waals surface area contributed by atoms with E-state index in [0.717, 1.165) is 37.7 Å². The molecule has 0 aliphatic carbocycles. The summed E-state index contributed by atoms with van der Waals surface area (Å²) < 4.78 is 27.7. The van der Waals surface area contributed by atoms with Gasteiger partial charge in [0.25, 0.3) is 0 Å². The van der Waals surface area contributed by atoms with E-state index in [1.54, 1.807) is 12.1 Å². The zero-order valence-corrected chi connectivity index (χ0v) is 15.6. The molecule has 0 spiro atoms. The molecule has 1 saturated heterocycles. The first-order valence-electron chi connectivity index (χ1n) is 9.31. The number of aromatic nitrogens is 2. The molecule has 0 bridgehead atoms. The van der Waals surface area contributed by atoms with Gasteiger partial charge in [-0.25, -0.2) is 9.07 Å². The third-order valence-electron chi connectivity index (χ3n) is 5.32. The number of nitrogens with zero attached hydrogens (tertiary/aromatic N) is 3. The molecule has 5 nitrogen and oxygen atoms in total. The van der Waals surface area contributed by atoms with Gasteiger partial charge in [0.2, 0.25) is 5.88 Å². The average Bonchev–Trinajstić information content (AvgIpc) is 2.92. The molecule has 4 rings (SSSR count). The Labute approximate surface area is 153 Å². The molecular formula is C20H26FN3O2. The van der Waals surface area contributed by atoms with Gasteiger partial charge < -0.3 is 9.47 Å². The van der Waals surface area contributed by atoms with Crippen LogP contribution >= 0.6 is 0 Å². The van der Waals surface area contributed by atoms with Crippen molar-refractivity contribution in [1.29, 1.82) is 0 Å². The number of halogens is 1. The Morgan fingerprint density at radius 1 is 1.27 bits per heavy atom. The van der Waals surface area contributed by atoms with E-state index in [-0.39, 0.29) is 11.7 Å². The summed E-state index contributed by atoms with van der Waals surface area (Å²) in [6.07, 6.45) is 0. The maximum absolute atomic E-state index is 14.4. The SMILES string of the molecule is CC(C)c1c(-c2ccccc2F)nn2c1OCC(CN(C)C1COC1)C2. The van der Waals surface area contributed by atoms with E-state index in [4.69, 9.17) is 14.6 Å². The largest absolute Gasteiger partial charge is 0.477 e. The third-order valence-corrected chi connectivity index (χ3v) is 5.32. The zero-order valence-electron chi connectivity index (χ0n) is 15.6. The van der Waals surface area contributed by atoms with Gasteiger partial charge in [0.15, 0.2) is 0 Å². The van der Waals surface area contributed by atoms with Gasteiger partial charge in [-0.1, -0.05) is 26.0 Å². The first-order chi connectivity index (χ1) is 12.5. The molecule has 0 radical (unpaired) electrons. The van der Waals surface area contributed by atoms with Crippen molar-refractivity contribution in [2.45, 2.75) is 32.4 Å². The van der Waals surface area contributed by atoms with Gasteiger partial charge in [0.05, 0.1) is 32.4 Å². The minimum atomic E-state index is -0.244. The van der Waals surface area contributed by atoms with Crippen LogP contribution in [0.4, 0.5) is 4.39 Å². The van der Waals surface area contributed by atoms with Crippen LogP contribution < -0.4 is 4.74 Å². The van der Waals surface area contributed by atoms with E-state index in [0.29, 0.717) is 29.8 Å². The second-order valence-electron chi connectivity index (χ2n) is 7.69. The quantitative estimate of drug-likeness (QED) is 0.822. The number of hydrogen-bond donors (Lipinski definition) is 0. The van der Waals surface area contributed by atoms with E-state index in [9.17, 15) is 4.39 Å². The summed E-state index contributed by atoms with van der Waals surface area (Å²) in [7, 11) is 2.14. The number of benzene rings is 1. The summed E-state index contributed by atoms with van der Waals surface area (Å²) in [4.78, 5) is 2.34. The molecule has 3 heterocycles. The van der Waals surface area contributed by atoms with Gasteiger partial charge in [-0.15, -0.1) is 0 Å². The number of likely N-dealkylation sites (N-methyl/N-ethyl adjacent to an activating group) is 1. The van der Waals surface area contributed by atoms with Gasteiger partial charge in [0, 0.05) is 23.6 Å². The highest BCUT2D eigenvalue weighted by Gasteiger charge is 2.31. The van der Waals surface area contributed by atoms with Crippen molar-refractivity contribution in [2.75, 3.05) is 33.4 Å². The average molecular weight is 359 g/mol. The highest BCUT2D eigenvalue weighted by atomic mass is 19.1. The molecule has 2 aliphatic rings. The molecule has 6 heteroatoms.